The highest BCUT2D eigenvalue weighted by Gasteiger charge is 2.20. The Kier molecular flexibility index (Phi) is 6.62. The zero-order chi connectivity index (χ0) is 20.9. The molecule has 0 bridgehead atoms. The molecule has 2 aromatic carbocycles. The summed E-state index contributed by atoms with van der Waals surface area (Å²) in [5, 5.41) is 4.23. The van der Waals surface area contributed by atoms with Crippen molar-refractivity contribution in [1.82, 2.24) is 10.2 Å². The monoisotopic (exact) mass is 386 g/mol. The van der Waals surface area contributed by atoms with E-state index in [1.807, 2.05) is 39.0 Å². The first kappa shape index (κ1) is 21.2. The molecule has 0 aliphatic carbocycles. The highest BCUT2D eigenvalue weighted by Crippen LogP contribution is 2.28. The number of amides is 2. The van der Waals surface area contributed by atoms with Crippen LogP contribution >= 0.6 is 0 Å². The van der Waals surface area contributed by atoms with E-state index in [1.54, 1.807) is 25.3 Å². The maximum atomic E-state index is 12.5. The zero-order valence-corrected chi connectivity index (χ0v) is 16.9. The van der Waals surface area contributed by atoms with E-state index in [0.717, 1.165) is 5.39 Å². The summed E-state index contributed by atoms with van der Waals surface area (Å²) in [6, 6.07) is 10.6. The Hall–Kier alpha value is -3.09. The van der Waals surface area contributed by atoms with Gasteiger partial charge in [0.1, 0.15) is 5.75 Å². The molecular formula is C21H26N2O5. The average Bonchev–Trinajstić information content (AvgIpc) is 2.63. The summed E-state index contributed by atoms with van der Waals surface area (Å²) in [5.74, 6) is -0.710. The van der Waals surface area contributed by atoms with Crippen molar-refractivity contribution in [2.75, 3.05) is 27.3 Å². The van der Waals surface area contributed by atoms with Crippen LogP contribution in [0.4, 0.5) is 0 Å². The lowest BCUT2D eigenvalue weighted by Crippen LogP contribution is -2.46. The summed E-state index contributed by atoms with van der Waals surface area (Å²) < 4.78 is 10.5. The number of ether oxygens (including phenoxy) is 2. The quantitative estimate of drug-likeness (QED) is 0.771. The standard InChI is InChI=1S/C21H26N2O5/c1-21(2,3)22-18(24)12-23(4)19(25)13-28-20(26)16-10-11-17(27-5)15-9-7-6-8-14(15)16/h6-11H,12-13H2,1-5H3,(H,22,24). The van der Waals surface area contributed by atoms with Gasteiger partial charge in [-0.3, -0.25) is 9.59 Å². The van der Waals surface area contributed by atoms with Crippen molar-refractivity contribution in [3.05, 3.63) is 42.0 Å². The van der Waals surface area contributed by atoms with Crippen molar-refractivity contribution in [3.63, 3.8) is 0 Å². The van der Waals surface area contributed by atoms with Crippen LogP contribution in [0.3, 0.4) is 0 Å². The third-order valence-corrected chi connectivity index (χ3v) is 3.97. The molecule has 0 unspecified atom stereocenters. The van der Waals surface area contributed by atoms with Crippen LogP contribution in [0, 0.1) is 0 Å². The van der Waals surface area contributed by atoms with E-state index in [-0.39, 0.29) is 18.0 Å². The van der Waals surface area contributed by atoms with Gasteiger partial charge in [-0.05, 0) is 38.3 Å². The Balaban J connectivity index is 2.01. The molecule has 0 fully saturated rings. The fourth-order valence-electron chi connectivity index (χ4n) is 2.70. The van der Waals surface area contributed by atoms with E-state index in [1.165, 1.54) is 11.9 Å². The van der Waals surface area contributed by atoms with Gasteiger partial charge in [0.05, 0.1) is 19.2 Å². The van der Waals surface area contributed by atoms with Crippen molar-refractivity contribution in [1.29, 1.82) is 0 Å². The molecule has 1 N–H and O–H groups in total. The lowest BCUT2D eigenvalue weighted by Gasteiger charge is -2.23. The third kappa shape index (κ3) is 5.45. The zero-order valence-electron chi connectivity index (χ0n) is 16.9. The Morgan fingerprint density at radius 2 is 1.68 bits per heavy atom. The Morgan fingerprint density at radius 3 is 2.29 bits per heavy atom. The summed E-state index contributed by atoms with van der Waals surface area (Å²) >= 11 is 0. The molecule has 2 rings (SSSR count). The molecule has 0 saturated carbocycles. The molecular weight excluding hydrogens is 360 g/mol. The van der Waals surface area contributed by atoms with E-state index in [2.05, 4.69) is 5.32 Å². The Labute approximate surface area is 164 Å². The number of nitrogens with zero attached hydrogens (tertiary/aromatic N) is 1. The summed E-state index contributed by atoms with van der Waals surface area (Å²) in [7, 11) is 3.05. The summed E-state index contributed by atoms with van der Waals surface area (Å²) in [4.78, 5) is 37.8. The number of benzene rings is 2. The van der Waals surface area contributed by atoms with Crippen LogP contribution in [-0.2, 0) is 14.3 Å². The SMILES string of the molecule is COc1ccc(C(=O)OCC(=O)N(C)CC(=O)NC(C)(C)C)c2ccccc12. The molecule has 150 valence electrons. The Bertz CT molecular complexity index is 886. The molecule has 2 amide bonds. The van der Waals surface area contributed by atoms with Gasteiger partial charge in [-0.1, -0.05) is 24.3 Å². The molecule has 0 saturated heterocycles. The highest BCUT2D eigenvalue weighted by molar-refractivity contribution is 6.06. The minimum atomic E-state index is -0.611. The van der Waals surface area contributed by atoms with E-state index < -0.39 is 18.5 Å². The number of fused-ring (bicyclic) bond motifs is 1. The second-order valence-corrected chi connectivity index (χ2v) is 7.49. The predicted octanol–water partition coefficient (Wildman–Crippen LogP) is 2.38. The van der Waals surface area contributed by atoms with Gasteiger partial charge in [-0.25, -0.2) is 4.79 Å². The normalized spacial score (nSPS) is 11.0. The van der Waals surface area contributed by atoms with Crippen molar-refractivity contribution < 1.29 is 23.9 Å². The fourth-order valence-corrected chi connectivity index (χ4v) is 2.70. The first-order valence-electron chi connectivity index (χ1n) is 8.90. The van der Waals surface area contributed by atoms with E-state index in [0.29, 0.717) is 16.7 Å². The first-order chi connectivity index (χ1) is 13.1. The van der Waals surface area contributed by atoms with Crippen LogP contribution in [0.15, 0.2) is 36.4 Å². The van der Waals surface area contributed by atoms with E-state index in [4.69, 9.17) is 9.47 Å². The predicted molar refractivity (Wildman–Crippen MR) is 106 cm³/mol. The molecule has 0 spiro atoms. The molecule has 7 heteroatoms. The minimum absolute atomic E-state index is 0.112. The number of nitrogens with one attached hydrogen (secondary N) is 1. The minimum Gasteiger partial charge on any atom is -0.496 e. The maximum absolute atomic E-state index is 12.5. The fraction of sp³-hybridized carbons (Fsp3) is 0.381. The molecule has 0 radical (unpaired) electrons. The van der Waals surface area contributed by atoms with Crippen molar-refractivity contribution in [2.45, 2.75) is 26.3 Å². The van der Waals surface area contributed by atoms with Gasteiger partial charge in [-0.2, -0.15) is 0 Å². The van der Waals surface area contributed by atoms with Crippen molar-refractivity contribution in [2.24, 2.45) is 0 Å². The number of hydrogen-bond acceptors (Lipinski definition) is 5. The summed E-state index contributed by atoms with van der Waals surface area (Å²) in [6.07, 6.45) is 0. The lowest BCUT2D eigenvalue weighted by molar-refractivity contribution is -0.137. The molecule has 0 aliphatic rings. The first-order valence-corrected chi connectivity index (χ1v) is 8.90. The maximum Gasteiger partial charge on any atom is 0.339 e. The van der Waals surface area contributed by atoms with E-state index >= 15 is 0 Å². The van der Waals surface area contributed by atoms with Gasteiger partial charge >= 0.3 is 5.97 Å². The molecule has 0 heterocycles. The van der Waals surface area contributed by atoms with Gasteiger partial charge in [0, 0.05) is 18.0 Å². The van der Waals surface area contributed by atoms with Crippen LogP contribution in [-0.4, -0.2) is 55.5 Å². The molecule has 0 aromatic heterocycles. The van der Waals surface area contributed by atoms with Crippen LogP contribution in [0.1, 0.15) is 31.1 Å². The van der Waals surface area contributed by atoms with E-state index in [9.17, 15) is 14.4 Å². The summed E-state index contributed by atoms with van der Waals surface area (Å²) in [6.45, 7) is 5.01. The van der Waals surface area contributed by atoms with Crippen LogP contribution in [0.2, 0.25) is 0 Å². The second kappa shape index (κ2) is 8.73. The number of carbonyl (C=O) groups excluding carboxylic acids is 3. The van der Waals surface area contributed by atoms with Gasteiger partial charge in [0.15, 0.2) is 6.61 Å². The highest BCUT2D eigenvalue weighted by atomic mass is 16.5. The number of carbonyl (C=O) groups is 3. The largest absolute Gasteiger partial charge is 0.496 e. The van der Waals surface area contributed by atoms with Crippen LogP contribution in [0.25, 0.3) is 10.8 Å². The van der Waals surface area contributed by atoms with Crippen molar-refractivity contribution >= 4 is 28.6 Å². The number of esters is 1. The summed E-state index contributed by atoms with van der Waals surface area (Å²) in [5.41, 5.74) is -0.0413. The number of rotatable bonds is 6. The van der Waals surface area contributed by atoms with Crippen molar-refractivity contribution in [3.8, 4) is 5.75 Å². The van der Waals surface area contributed by atoms with Crippen LogP contribution in [0.5, 0.6) is 5.75 Å². The van der Waals surface area contributed by atoms with Gasteiger partial charge in [-0.15, -0.1) is 0 Å². The van der Waals surface area contributed by atoms with Crippen LogP contribution < -0.4 is 10.1 Å². The van der Waals surface area contributed by atoms with Gasteiger partial charge in [0.25, 0.3) is 5.91 Å². The van der Waals surface area contributed by atoms with Gasteiger partial charge < -0.3 is 19.7 Å². The lowest BCUT2D eigenvalue weighted by atomic mass is 10.0. The molecule has 28 heavy (non-hydrogen) atoms. The third-order valence-electron chi connectivity index (χ3n) is 3.97. The Morgan fingerprint density at radius 1 is 1.04 bits per heavy atom. The molecule has 7 nitrogen and oxygen atoms in total. The topological polar surface area (TPSA) is 84.9 Å². The molecule has 0 aliphatic heterocycles. The van der Waals surface area contributed by atoms with Gasteiger partial charge in [0.2, 0.25) is 5.91 Å². The second-order valence-electron chi connectivity index (χ2n) is 7.49. The molecule has 2 aromatic rings. The molecule has 0 atom stereocenters. The smallest absolute Gasteiger partial charge is 0.339 e. The number of likely N-dealkylation sites (N-methyl/N-ethyl adjacent to an activating group) is 1. The average molecular weight is 386 g/mol. The number of methoxy groups -OCH3 is 1. The number of hydrogen-bond donors (Lipinski definition) is 1.